The SMILES string of the molecule is C=CC(C)[N+](CC)(CC)CCCCOCc1ccccc1. The second-order valence-electron chi connectivity index (χ2n) is 5.80. The highest BCUT2D eigenvalue weighted by Crippen LogP contribution is 2.16. The summed E-state index contributed by atoms with van der Waals surface area (Å²) < 4.78 is 6.90. The molecule has 0 saturated carbocycles. The molecule has 0 bridgehead atoms. The van der Waals surface area contributed by atoms with Crippen LogP contribution in [0, 0.1) is 0 Å². The topological polar surface area (TPSA) is 9.23 Å². The van der Waals surface area contributed by atoms with Crippen molar-refractivity contribution in [2.45, 2.75) is 46.3 Å². The zero-order valence-electron chi connectivity index (χ0n) is 14.1. The third-order valence-electron chi connectivity index (χ3n) is 4.72. The van der Waals surface area contributed by atoms with Crippen molar-refractivity contribution >= 4 is 0 Å². The van der Waals surface area contributed by atoms with Gasteiger partial charge in [-0.05, 0) is 45.3 Å². The maximum atomic E-state index is 5.76. The van der Waals surface area contributed by atoms with E-state index in [0.717, 1.165) is 24.1 Å². The quantitative estimate of drug-likeness (QED) is 0.333. The van der Waals surface area contributed by atoms with E-state index >= 15 is 0 Å². The minimum Gasteiger partial charge on any atom is -0.377 e. The molecule has 0 aromatic heterocycles. The highest BCUT2D eigenvalue weighted by Gasteiger charge is 2.27. The van der Waals surface area contributed by atoms with Crippen LogP contribution in [0.4, 0.5) is 0 Å². The summed E-state index contributed by atoms with van der Waals surface area (Å²) in [6.45, 7) is 16.0. The maximum Gasteiger partial charge on any atom is 0.104 e. The molecule has 0 aliphatic heterocycles. The number of unbranched alkanes of at least 4 members (excludes halogenated alkanes) is 1. The number of benzene rings is 1. The molecular weight excluding hydrogens is 258 g/mol. The molecular formula is C19H32NO+. The minimum absolute atomic E-state index is 0.533. The lowest BCUT2D eigenvalue weighted by Crippen LogP contribution is -2.53. The largest absolute Gasteiger partial charge is 0.377 e. The van der Waals surface area contributed by atoms with Gasteiger partial charge in [0.05, 0.1) is 26.2 Å². The Kier molecular flexibility index (Phi) is 8.33. The molecule has 0 fully saturated rings. The Morgan fingerprint density at radius 3 is 2.38 bits per heavy atom. The average molecular weight is 290 g/mol. The second-order valence-corrected chi connectivity index (χ2v) is 5.80. The van der Waals surface area contributed by atoms with Gasteiger partial charge in [0, 0.05) is 6.61 Å². The van der Waals surface area contributed by atoms with Crippen molar-refractivity contribution in [3.8, 4) is 0 Å². The number of likely N-dealkylation sites (N-methyl/N-ethyl adjacent to an activating group) is 1. The van der Waals surface area contributed by atoms with E-state index in [-0.39, 0.29) is 0 Å². The molecule has 0 spiro atoms. The van der Waals surface area contributed by atoms with Crippen LogP contribution in [0.3, 0.4) is 0 Å². The summed E-state index contributed by atoms with van der Waals surface area (Å²) in [7, 11) is 0. The molecule has 0 heterocycles. The first-order chi connectivity index (χ1) is 10.2. The van der Waals surface area contributed by atoms with E-state index < -0.39 is 0 Å². The second kappa shape index (κ2) is 9.75. The van der Waals surface area contributed by atoms with Crippen LogP contribution in [0.25, 0.3) is 0 Å². The van der Waals surface area contributed by atoms with Gasteiger partial charge in [-0.3, -0.25) is 0 Å². The van der Waals surface area contributed by atoms with Gasteiger partial charge in [0.15, 0.2) is 0 Å². The van der Waals surface area contributed by atoms with Crippen molar-refractivity contribution in [2.75, 3.05) is 26.2 Å². The summed E-state index contributed by atoms with van der Waals surface area (Å²) in [5.41, 5.74) is 1.25. The maximum absolute atomic E-state index is 5.76. The zero-order chi connectivity index (χ0) is 15.6. The molecule has 0 aliphatic carbocycles. The molecule has 2 heteroatoms. The van der Waals surface area contributed by atoms with Crippen LogP contribution in [-0.4, -0.2) is 36.8 Å². The van der Waals surface area contributed by atoms with Crippen molar-refractivity contribution in [1.29, 1.82) is 0 Å². The predicted molar refractivity (Wildman–Crippen MR) is 91.2 cm³/mol. The number of nitrogens with zero attached hydrogens (tertiary/aromatic N) is 1. The van der Waals surface area contributed by atoms with Crippen LogP contribution in [0.2, 0.25) is 0 Å². The predicted octanol–water partition coefficient (Wildman–Crippen LogP) is 4.41. The van der Waals surface area contributed by atoms with Crippen LogP contribution < -0.4 is 0 Å². The number of rotatable bonds is 11. The number of quaternary nitrogens is 1. The molecule has 118 valence electrons. The Hall–Kier alpha value is -1.12. The fourth-order valence-electron chi connectivity index (χ4n) is 2.94. The Labute approximate surface area is 131 Å². The Morgan fingerprint density at radius 1 is 1.14 bits per heavy atom. The van der Waals surface area contributed by atoms with Crippen molar-refractivity contribution in [2.24, 2.45) is 0 Å². The van der Waals surface area contributed by atoms with Crippen LogP contribution >= 0.6 is 0 Å². The summed E-state index contributed by atoms with van der Waals surface area (Å²) in [6, 6.07) is 10.9. The smallest absolute Gasteiger partial charge is 0.104 e. The fraction of sp³-hybridized carbons (Fsp3) is 0.579. The fourth-order valence-corrected chi connectivity index (χ4v) is 2.94. The third-order valence-corrected chi connectivity index (χ3v) is 4.72. The molecule has 0 saturated heterocycles. The van der Waals surface area contributed by atoms with E-state index in [1.807, 2.05) is 6.07 Å². The summed E-state index contributed by atoms with van der Waals surface area (Å²) in [4.78, 5) is 0. The third kappa shape index (κ3) is 5.64. The minimum atomic E-state index is 0.533. The van der Waals surface area contributed by atoms with Gasteiger partial charge < -0.3 is 9.22 Å². The zero-order valence-corrected chi connectivity index (χ0v) is 14.1. The van der Waals surface area contributed by atoms with Gasteiger partial charge >= 0.3 is 0 Å². The van der Waals surface area contributed by atoms with Crippen molar-refractivity contribution < 1.29 is 9.22 Å². The molecule has 2 nitrogen and oxygen atoms in total. The normalized spacial score (nSPS) is 13.1. The Bertz CT molecular complexity index is 384. The first kappa shape index (κ1) is 17.9. The van der Waals surface area contributed by atoms with Crippen LogP contribution in [-0.2, 0) is 11.3 Å². The van der Waals surface area contributed by atoms with Crippen LogP contribution in [0.5, 0.6) is 0 Å². The standard InChI is InChI=1S/C19H32NO/c1-5-18(4)20(6-2,7-3)15-11-12-16-21-17-19-13-9-8-10-14-19/h5,8-10,13-14,18H,1,6-7,11-12,15-17H2,2-4H3/q+1. The lowest BCUT2D eigenvalue weighted by molar-refractivity contribution is -0.940. The summed E-state index contributed by atoms with van der Waals surface area (Å²) in [6.07, 6.45) is 4.45. The van der Waals surface area contributed by atoms with Gasteiger partial charge in [-0.15, -0.1) is 0 Å². The molecule has 1 atom stereocenters. The Balaban J connectivity index is 2.24. The van der Waals surface area contributed by atoms with Gasteiger partial charge in [-0.1, -0.05) is 36.9 Å². The molecule has 1 aromatic carbocycles. The van der Waals surface area contributed by atoms with Crippen molar-refractivity contribution in [1.82, 2.24) is 0 Å². The van der Waals surface area contributed by atoms with Gasteiger partial charge in [-0.25, -0.2) is 0 Å². The monoisotopic (exact) mass is 290 g/mol. The molecule has 0 radical (unpaired) electrons. The summed E-state index contributed by atoms with van der Waals surface area (Å²) in [5, 5.41) is 0. The summed E-state index contributed by atoms with van der Waals surface area (Å²) >= 11 is 0. The van der Waals surface area contributed by atoms with Crippen LogP contribution in [0.1, 0.15) is 39.2 Å². The lowest BCUT2D eigenvalue weighted by Gasteiger charge is -2.41. The van der Waals surface area contributed by atoms with E-state index in [9.17, 15) is 0 Å². The highest BCUT2D eigenvalue weighted by atomic mass is 16.5. The molecule has 1 unspecified atom stereocenters. The van der Waals surface area contributed by atoms with Gasteiger partial charge in [0.2, 0.25) is 0 Å². The van der Waals surface area contributed by atoms with Crippen LogP contribution in [0.15, 0.2) is 43.0 Å². The van der Waals surface area contributed by atoms with E-state index in [4.69, 9.17) is 4.74 Å². The van der Waals surface area contributed by atoms with Gasteiger partial charge in [0.25, 0.3) is 0 Å². The number of ether oxygens (including phenoxy) is 1. The highest BCUT2D eigenvalue weighted by molar-refractivity contribution is 5.13. The molecule has 21 heavy (non-hydrogen) atoms. The molecule has 0 aliphatic rings. The Morgan fingerprint density at radius 2 is 1.81 bits per heavy atom. The first-order valence-corrected chi connectivity index (χ1v) is 8.28. The van der Waals surface area contributed by atoms with E-state index in [0.29, 0.717) is 6.04 Å². The molecule has 0 N–H and O–H groups in total. The first-order valence-electron chi connectivity index (χ1n) is 8.28. The van der Waals surface area contributed by atoms with Gasteiger partial charge in [0.1, 0.15) is 6.04 Å². The van der Waals surface area contributed by atoms with Gasteiger partial charge in [-0.2, -0.15) is 0 Å². The summed E-state index contributed by atoms with van der Waals surface area (Å²) in [5.74, 6) is 0. The molecule has 1 rings (SSSR count). The number of hydrogen-bond acceptors (Lipinski definition) is 1. The van der Waals surface area contributed by atoms with Crippen molar-refractivity contribution in [3.05, 3.63) is 48.6 Å². The molecule has 0 amide bonds. The van der Waals surface area contributed by atoms with E-state index in [2.05, 4.69) is 57.7 Å². The van der Waals surface area contributed by atoms with Crippen molar-refractivity contribution in [3.63, 3.8) is 0 Å². The average Bonchev–Trinajstić information content (AvgIpc) is 2.55. The number of hydrogen-bond donors (Lipinski definition) is 0. The molecule has 1 aromatic rings. The lowest BCUT2D eigenvalue weighted by atomic mass is 10.1. The van der Waals surface area contributed by atoms with E-state index in [1.165, 1.54) is 31.6 Å². The van der Waals surface area contributed by atoms with E-state index in [1.54, 1.807) is 0 Å².